The Morgan fingerprint density at radius 1 is 0.792 bits per heavy atom. The minimum absolute atomic E-state index is 0.136. The molecule has 1 saturated heterocycles. The van der Waals surface area contributed by atoms with Crippen LogP contribution in [0.25, 0.3) is 0 Å². The third kappa shape index (κ3) is 3.71. The van der Waals surface area contributed by atoms with E-state index in [9.17, 15) is 4.79 Å². The number of ether oxygens (including phenoxy) is 2. The molecule has 0 amide bonds. The summed E-state index contributed by atoms with van der Waals surface area (Å²) in [5.74, 6) is 3.45. The summed E-state index contributed by atoms with van der Waals surface area (Å²) in [4.78, 5) is 11.3. The van der Waals surface area contributed by atoms with Gasteiger partial charge in [-0.15, -0.1) is 0 Å². The molecule has 1 heterocycles. The van der Waals surface area contributed by atoms with E-state index in [0.29, 0.717) is 12.2 Å². The molecule has 3 nitrogen and oxygen atoms in total. The van der Waals surface area contributed by atoms with Crippen LogP contribution in [0.1, 0.15) is 70.6 Å². The number of hydrogen-bond acceptors (Lipinski definition) is 3. The van der Waals surface area contributed by atoms with Crippen LogP contribution in [0, 0.1) is 23.7 Å². The number of rotatable bonds is 4. The Balaban J connectivity index is 1.19. The van der Waals surface area contributed by atoms with Crippen molar-refractivity contribution < 1.29 is 14.3 Å². The monoisotopic (exact) mass is 332 g/mol. The molecule has 24 heavy (non-hydrogen) atoms. The molecular formula is C21H32O3. The van der Waals surface area contributed by atoms with Crippen molar-refractivity contribution in [2.24, 2.45) is 23.7 Å². The van der Waals surface area contributed by atoms with E-state index in [2.05, 4.69) is 6.58 Å². The van der Waals surface area contributed by atoms with Crippen molar-refractivity contribution in [1.82, 2.24) is 0 Å². The van der Waals surface area contributed by atoms with Gasteiger partial charge in [-0.3, -0.25) is 0 Å². The van der Waals surface area contributed by atoms with E-state index in [0.717, 1.165) is 36.5 Å². The molecule has 3 unspecified atom stereocenters. The van der Waals surface area contributed by atoms with Gasteiger partial charge in [-0.2, -0.15) is 0 Å². The van der Waals surface area contributed by atoms with E-state index < -0.39 is 0 Å². The number of fused-ring (bicyclic) bond motifs is 1. The van der Waals surface area contributed by atoms with Crippen LogP contribution in [-0.4, -0.2) is 24.3 Å². The van der Waals surface area contributed by atoms with Crippen LogP contribution in [0.5, 0.6) is 0 Å². The normalized spacial score (nSPS) is 45.1. The molecule has 3 saturated carbocycles. The number of carbonyl (C=O) groups is 1. The molecule has 4 aliphatic rings. The first kappa shape index (κ1) is 16.6. The quantitative estimate of drug-likeness (QED) is 0.427. The third-order valence-corrected chi connectivity index (χ3v) is 7.36. The minimum atomic E-state index is -0.256. The van der Waals surface area contributed by atoms with Crippen molar-refractivity contribution in [1.29, 1.82) is 0 Å². The van der Waals surface area contributed by atoms with Crippen molar-refractivity contribution in [3.8, 4) is 0 Å². The standard InChI is InChI=1S/C21H32O3/c1-2-21(22)23-18-10-7-15(8-11-18)14-3-5-16(6-4-14)17-9-12-19-20(13-17)24-19/h2,14-20H,1,3-13H2. The van der Waals surface area contributed by atoms with Crippen LogP contribution in [0.2, 0.25) is 0 Å². The Morgan fingerprint density at radius 2 is 1.33 bits per heavy atom. The Bertz CT molecular complexity index is 458. The lowest BCUT2D eigenvalue weighted by Crippen LogP contribution is -2.31. The number of esters is 1. The Hall–Kier alpha value is -0.830. The van der Waals surface area contributed by atoms with Crippen LogP contribution in [0.4, 0.5) is 0 Å². The summed E-state index contributed by atoms with van der Waals surface area (Å²) in [6.07, 6.45) is 17.1. The second-order valence-electron chi connectivity index (χ2n) is 8.64. The third-order valence-electron chi connectivity index (χ3n) is 7.36. The zero-order valence-corrected chi connectivity index (χ0v) is 14.8. The van der Waals surface area contributed by atoms with Gasteiger partial charge < -0.3 is 9.47 Å². The number of carbonyl (C=O) groups excluding carboxylic acids is 1. The van der Waals surface area contributed by atoms with E-state index in [1.165, 1.54) is 63.9 Å². The molecule has 0 N–H and O–H groups in total. The zero-order valence-electron chi connectivity index (χ0n) is 14.8. The molecule has 0 spiro atoms. The average Bonchev–Trinajstić information content (AvgIpc) is 3.41. The van der Waals surface area contributed by atoms with E-state index in [4.69, 9.17) is 9.47 Å². The van der Waals surface area contributed by atoms with Crippen molar-refractivity contribution in [2.45, 2.75) is 88.9 Å². The molecule has 134 valence electrons. The van der Waals surface area contributed by atoms with Crippen LogP contribution in [0.15, 0.2) is 12.7 Å². The molecule has 0 bridgehead atoms. The summed E-state index contributed by atoms with van der Waals surface area (Å²) in [7, 11) is 0. The summed E-state index contributed by atoms with van der Waals surface area (Å²) in [5, 5.41) is 0. The fourth-order valence-corrected chi connectivity index (χ4v) is 5.84. The highest BCUT2D eigenvalue weighted by atomic mass is 16.6. The predicted molar refractivity (Wildman–Crippen MR) is 93.5 cm³/mol. The molecular weight excluding hydrogens is 300 g/mol. The van der Waals surface area contributed by atoms with Gasteiger partial charge in [-0.25, -0.2) is 4.79 Å². The first-order chi connectivity index (χ1) is 11.7. The molecule has 3 atom stereocenters. The highest BCUT2D eigenvalue weighted by molar-refractivity contribution is 5.81. The lowest BCUT2D eigenvalue weighted by atomic mass is 9.66. The predicted octanol–water partition coefficient (Wildman–Crippen LogP) is 4.65. The Labute approximate surface area is 146 Å². The lowest BCUT2D eigenvalue weighted by Gasteiger charge is -2.40. The maximum Gasteiger partial charge on any atom is 0.330 e. The Morgan fingerprint density at radius 3 is 1.92 bits per heavy atom. The summed E-state index contributed by atoms with van der Waals surface area (Å²) in [6, 6.07) is 0. The van der Waals surface area contributed by atoms with Crippen LogP contribution in [-0.2, 0) is 14.3 Å². The average molecular weight is 332 g/mol. The molecule has 0 aromatic heterocycles. The molecule has 3 heteroatoms. The van der Waals surface area contributed by atoms with Crippen molar-refractivity contribution in [3.63, 3.8) is 0 Å². The lowest BCUT2D eigenvalue weighted by molar-refractivity contribution is -0.145. The first-order valence-corrected chi connectivity index (χ1v) is 10.2. The first-order valence-electron chi connectivity index (χ1n) is 10.2. The van der Waals surface area contributed by atoms with Gasteiger partial charge in [-0.05, 0) is 94.3 Å². The van der Waals surface area contributed by atoms with Gasteiger partial charge in [0.05, 0.1) is 12.2 Å². The number of hydrogen-bond donors (Lipinski definition) is 0. The van der Waals surface area contributed by atoms with Gasteiger partial charge in [0, 0.05) is 6.08 Å². The van der Waals surface area contributed by atoms with E-state index in [1.54, 1.807) is 0 Å². The highest BCUT2D eigenvalue weighted by Crippen LogP contribution is 2.48. The van der Waals surface area contributed by atoms with Gasteiger partial charge in [-0.1, -0.05) is 6.58 Å². The fourth-order valence-electron chi connectivity index (χ4n) is 5.84. The maximum absolute atomic E-state index is 11.3. The molecule has 4 rings (SSSR count). The van der Waals surface area contributed by atoms with Crippen molar-refractivity contribution in [2.75, 3.05) is 0 Å². The van der Waals surface area contributed by atoms with Gasteiger partial charge in [0.2, 0.25) is 0 Å². The second-order valence-corrected chi connectivity index (χ2v) is 8.64. The summed E-state index contributed by atoms with van der Waals surface area (Å²) < 4.78 is 11.1. The van der Waals surface area contributed by atoms with E-state index in [1.807, 2.05) is 0 Å². The second kappa shape index (κ2) is 7.19. The molecule has 0 aromatic rings. The molecule has 0 aromatic carbocycles. The van der Waals surface area contributed by atoms with Crippen LogP contribution < -0.4 is 0 Å². The highest BCUT2D eigenvalue weighted by Gasteiger charge is 2.46. The van der Waals surface area contributed by atoms with Crippen LogP contribution in [0.3, 0.4) is 0 Å². The fraction of sp³-hybridized carbons (Fsp3) is 0.857. The molecule has 3 aliphatic carbocycles. The summed E-state index contributed by atoms with van der Waals surface area (Å²) in [6.45, 7) is 3.48. The van der Waals surface area contributed by atoms with Gasteiger partial charge in [0.15, 0.2) is 0 Å². The molecule has 4 fully saturated rings. The maximum atomic E-state index is 11.3. The largest absolute Gasteiger partial charge is 0.459 e. The number of epoxide rings is 1. The SMILES string of the molecule is C=CC(=O)OC1CCC(C2CCC(C3CCC4OC4C3)CC2)CC1. The Kier molecular flexibility index (Phi) is 4.98. The summed E-state index contributed by atoms with van der Waals surface area (Å²) in [5.41, 5.74) is 0. The smallest absolute Gasteiger partial charge is 0.330 e. The zero-order chi connectivity index (χ0) is 16.5. The van der Waals surface area contributed by atoms with E-state index >= 15 is 0 Å². The molecule has 1 aliphatic heterocycles. The van der Waals surface area contributed by atoms with Gasteiger partial charge in [0.1, 0.15) is 6.10 Å². The van der Waals surface area contributed by atoms with Crippen molar-refractivity contribution >= 4 is 5.97 Å². The van der Waals surface area contributed by atoms with Gasteiger partial charge in [0.25, 0.3) is 0 Å². The topological polar surface area (TPSA) is 38.8 Å². The minimum Gasteiger partial charge on any atom is -0.459 e. The summed E-state index contributed by atoms with van der Waals surface area (Å²) >= 11 is 0. The van der Waals surface area contributed by atoms with Crippen LogP contribution >= 0.6 is 0 Å². The molecule has 0 radical (unpaired) electrons. The van der Waals surface area contributed by atoms with E-state index in [-0.39, 0.29) is 12.1 Å². The van der Waals surface area contributed by atoms with Gasteiger partial charge >= 0.3 is 5.97 Å². The van der Waals surface area contributed by atoms with Crippen molar-refractivity contribution in [3.05, 3.63) is 12.7 Å².